The molecule has 0 spiro atoms. The predicted octanol–water partition coefficient (Wildman–Crippen LogP) is 0.824. The van der Waals surface area contributed by atoms with Crippen LogP contribution < -0.4 is 5.73 Å². The Labute approximate surface area is 81.0 Å². The van der Waals surface area contributed by atoms with Crippen LogP contribution in [-0.4, -0.2) is 20.4 Å². The third kappa shape index (κ3) is 1.66. The number of hydrogen-bond donors (Lipinski definition) is 1. The summed E-state index contributed by atoms with van der Waals surface area (Å²) >= 11 is 0. The summed E-state index contributed by atoms with van der Waals surface area (Å²) in [6, 6.07) is 7.80. The van der Waals surface area contributed by atoms with Crippen LogP contribution in [0.4, 0.5) is 5.95 Å². The fraction of sp³-hybridized carbons (Fsp3) is 0.111. The van der Waals surface area contributed by atoms with E-state index < -0.39 is 0 Å². The van der Waals surface area contributed by atoms with Gasteiger partial charge in [-0.3, -0.25) is 0 Å². The molecule has 5 nitrogen and oxygen atoms in total. The van der Waals surface area contributed by atoms with Crippen molar-refractivity contribution >= 4 is 5.95 Å². The first kappa shape index (κ1) is 8.55. The summed E-state index contributed by atoms with van der Waals surface area (Å²) in [5.41, 5.74) is 7.35. The van der Waals surface area contributed by atoms with Gasteiger partial charge in [0.05, 0.1) is 0 Å². The zero-order valence-corrected chi connectivity index (χ0v) is 7.68. The monoisotopic (exact) mass is 187 g/mol. The van der Waals surface area contributed by atoms with Crippen LogP contribution in [0, 0.1) is 6.92 Å². The van der Waals surface area contributed by atoms with Crippen molar-refractivity contribution in [2.75, 3.05) is 5.73 Å². The minimum absolute atomic E-state index is 0.0841. The van der Waals surface area contributed by atoms with Crippen molar-refractivity contribution in [3.63, 3.8) is 0 Å². The standard InChI is InChI=1S/C9H9N5/c1-6-2-4-7(5-3-6)8-11-13-9(10)14-12-8/h2-5H,1H3,(H2,10,13,14). The predicted molar refractivity (Wildman–Crippen MR) is 52.2 cm³/mol. The Balaban J connectivity index is 2.40. The van der Waals surface area contributed by atoms with E-state index in [2.05, 4.69) is 20.4 Å². The quantitative estimate of drug-likeness (QED) is 0.715. The molecule has 0 fully saturated rings. The van der Waals surface area contributed by atoms with Gasteiger partial charge in [0.15, 0.2) is 0 Å². The Bertz CT molecular complexity index is 376. The molecule has 1 aromatic carbocycles. The maximum atomic E-state index is 5.28. The molecule has 0 bridgehead atoms. The summed E-state index contributed by atoms with van der Waals surface area (Å²) in [4.78, 5) is 0. The smallest absolute Gasteiger partial charge is 0.259 e. The van der Waals surface area contributed by atoms with Gasteiger partial charge in [-0.15, -0.1) is 20.4 Å². The van der Waals surface area contributed by atoms with E-state index in [1.54, 1.807) is 0 Å². The summed E-state index contributed by atoms with van der Waals surface area (Å²) < 4.78 is 0. The summed E-state index contributed by atoms with van der Waals surface area (Å²) in [6.07, 6.45) is 0. The van der Waals surface area contributed by atoms with Gasteiger partial charge in [0, 0.05) is 5.56 Å². The molecular weight excluding hydrogens is 178 g/mol. The molecule has 0 unspecified atom stereocenters. The number of aryl methyl sites for hydroxylation is 1. The zero-order valence-electron chi connectivity index (χ0n) is 7.68. The van der Waals surface area contributed by atoms with Gasteiger partial charge in [0.1, 0.15) is 0 Å². The SMILES string of the molecule is Cc1ccc(-c2nnc(N)nn2)cc1. The van der Waals surface area contributed by atoms with Crippen molar-refractivity contribution in [1.82, 2.24) is 20.4 Å². The molecule has 0 saturated carbocycles. The molecule has 0 saturated heterocycles. The summed E-state index contributed by atoms with van der Waals surface area (Å²) in [5.74, 6) is 0.570. The lowest BCUT2D eigenvalue weighted by molar-refractivity contribution is 0.881. The fourth-order valence-corrected chi connectivity index (χ4v) is 1.06. The van der Waals surface area contributed by atoms with Crippen molar-refractivity contribution in [3.05, 3.63) is 29.8 Å². The molecule has 5 heteroatoms. The highest BCUT2D eigenvalue weighted by Gasteiger charge is 2.01. The molecule has 2 N–H and O–H groups in total. The summed E-state index contributed by atoms with van der Waals surface area (Å²) in [5, 5.41) is 14.9. The third-order valence-corrected chi connectivity index (χ3v) is 1.80. The van der Waals surface area contributed by atoms with Crippen LogP contribution in [-0.2, 0) is 0 Å². The van der Waals surface area contributed by atoms with Crippen molar-refractivity contribution < 1.29 is 0 Å². The molecule has 14 heavy (non-hydrogen) atoms. The van der Waals surface area contributed by atoms with E-state index in [1.807, 2.05) is 31.2 Å². The van der Waals surface area contributed by atoms with E-state index in [1.165, 1.54) is 5.56 Å². The molecule has 0 amide bonds. The van der Waals surface area contributed by atoms with Gasteiger partial charge < -0.3 is 5.73 Å². The number of nitrogens with zero attached hydrogens (tertiary/aromatic N) is 4. The lowest BCUT2D eigenvalue weighted by Crippen LogP contribution is -2.01. The van der Waals surface area contributed by atoms with E-state index in [-0.39, 0.29) is 5.95 Å². The number of hydrogen-bond acceptors (Lipinski definition) is 5. The molecule has 70 valence electrons. The highest BCUT2D eigenvalue weighted by molar-refractivity contribution is 5.54. The Hall–Kier alpha value is -2.04. The van der Waals surface area contributed by atoms with Crippen LogP contribution in [0.3, 0.4) is 0 Å². The van der Waals surface area contributed by atoms with Crippen LogP contribution in [0.15, 0.2) is 24.3 Å². The maximum Gasteiger partial charge on any atom is 0.259 e. The molecular formula is C9H9N5. The van der Waals surface area contributed by atoms with E-state index in [0.29, 0.717) is 5.82 Å². The van der Waals surface area contributed by atoms with Crippen molar-refractivity contribution in [3.8, 4) is 11.4 Å². The van der Waals surface area contributed by atoms with Crippen molar-refractivity contribution in [2.45, 2.75) is 6.92 Å². The Kier molecular flexibility index (Phi) is 2.06. The number of rotatable bonds is 1. The first-order chi connectivity index (χ1) is 6.75. The first-order valence-corrected chi connectivity index (χ1v) is 4.15. The van der Waals surface area contributed by atoms with Gasteiger partial charge in [-0.25, -0.2) is 0 Å². The minimum Gasteiger partial charge on any atom is -0.365 e. The third-order valence-electron chi connectivity index (χ3n) is 1.80. The molecule has 0 aliphatic rings. The van der Waals surface area contributed by atoms with Gasteiger partial charge in [-0.05, 0) is 6.92 Å². The van der Waals surface area contributed by atoms with Crippen molar-refractivity contribution in [1.29, 1.82) is 0 Å². The van der Waals surface area contributed by atoms with Gasteiger partial charge >= 0.3 is 0 Å². The highest BCUT2D eigenvalue weighted by atomic mass is 15.3. The molecule has 0 radical (unpaired) electrons. The van der Waals surface area contributed by atoms with Crippen LogP contribution in [0.25, 0.3) is 11.4 Å². The summed E-state index contributed by atoms with van der Waals surface area (Å²) in [6.45, 7) is 2.02. The van der Waals surface area contributed by atoms with Gasteiger partial charge in [-0.2, -0.15) is 0 Å². The second kappa shape index (κ2) is 3.37. The average Bonchev–Trinajstić information content (AvgIpc) is 2.21. The molecule has 2 aromatic rings. The highest BCUT2D eigenvalue weighted by Crippen LogP contribution is 2.13. The van der Waals surface area contributed by atoms with Gasteiger partial charge in [-0.1, -0.05) is 29.8 Å². The topological polar surface area (TPSA) is 77.6 Å². The largest absolute Gasteiger partial charge is 0.365 e. The maximum absolute atomic E-state index is 5.28. The number of nitrogens with two attached hydrogens (primary N) is 1. The normalized spacial score (nSPS) is 10.1. The van der Waals surface area contributed by atoms with E-state index >= 15 is 0 Å². The van der Waals surface area contributed by atoms with E-state index in [9.17, 15) is 0 Å². The molecule has 0 aliphatic heterocycles. The molecule has 2 rings (SSSR count). The van der Waals surface area contributed by atoms with Crippen LogP contribution in [0.1, 0.15) is 5.56 Å². The minimum atomic E-state index is 0.0841. The van der Waals surface area contributed by atoms with Crippen LogP contribution in [0.5, 0.6) is 0 Å². The molecule has 1 aromatic heterocycles. The number of aromatic nitrogens is 4. The molecule has 1 heterocycles. The Morgan fingerprint density at radius 1 is 0.929 bits per heavy atom. The molecule has 0 aliphatic carbocycles. The van der Waals surface area contributed by atoms with Gasteiger partial charge in [0.2, 0.25) is 5.82 Å². The Morgan fingerprint density at radius 3 is 2.07 bits per heavy atom. The lowest BCUT2D eigenvalue weighted by atomic mass is 10.1. The summed E-state index contributed by atoms with van der Waals surface area (Å²) in [7, 11) is 0. The Morgan fingerprint density at radius 2 is 1.50 bits per heavy atom. The average molecular weight is 187 g/mol. The van der Waals surface area contributed by atoms with Crippen LogP contribution >= 0.6 is 0 Å². The van der Waals surface area contributed by atoms with E-state index in [0.717, 1.165) is 5.56 Å². The number of anilines is 1. The van der Waals surface area contributed by atoms with Gasteiger partial charge in [0.25, 0.3) is 5.95 Å². The first-order valence-electron chi connectivity index (χ1n) is 4.15. The van der Waals surface area contributed by atoms with Crippen LogP contribution in [0.2, 0.25) is 0 Å². The van der Waals surface area contributed by atoms with E-state index in [4.69, 9.17) is 5.73 Å². The van der Waals surface area contributed by atoms with Crippen molar-refractivity contribution in [2.24, 2.45) is 0 Å². The zero-order chi connectivity index (χ0) is 9.97. The number of benzene rings is 1. The fourth-order valence-electron chi connectivity index (χ4n) is 1.06. The second-order valence-electron chi connectivity index (χ2n) is 2.95. The molecule has 0 atom stereocenters. The second-order valence-corrected chi connectivity index (χ2v) is 2.95. The number of nitrogen functional groups attached to an aromatic ring is 1. The lowest BCUT2D eigenvalue weighted by Gasteiger charge is -1.98.